The quantitative estimate of drug-likeness (QED) is 0.744. The minimum Gasteiger partial charge on any atom is -0.350 e. The number of nitrogens with zero attached hydrogens (tertiary/aromatic N) is 3. The first-order chi connectivity index (χ1) is 6.68. The van der Waals surface area contributed by atoms with Crippen LogP contribution in [0.25, 0.3) is 0 Å². The molecule has 5 heteroatoms. The van der Waals surface area contributed by atoms with Gasteiger partial charge in [-0.3, -0.25) is 0 Å². The largest absolute Gasteiger partial charge is 0.350 e. The highest BCUT2D eigenvalue weighted by atomic mass is 35.5. The fourth-order valence-electron chi connectivity index (χ4n) is 2.07. The van der Waals surface area contributed by atoms with Crippen LogP contribution in [0.15, 0.2) is 0 Å². The molecule has 78 valence electrons. The van der Waals surface area contributed by atoms with Gasteiger partial charge in [-0.1, -0.05) is 18.5 Å². The first-order valence-electron chi connectivity index (χ1n) is 4.93. The van der Waals surface area contributed by atoms with Gasteiger partial charge in [0.2, 0.25) is 0 Å². The van der Waals surface area contributed by atoms with Crippen molar-refractivity contribution >= 4 is 29.1 Å². The SMILES string of the molecule is CC1CCN(c2nsnc2Cl)C(C)C1. The smallest absolute Gasteiger partial charge is 0.187 e. The number of aromatic nitrogens is 2. The minimum absolute atomic E-state index is 0.528. The van der Waals surface area contributed by atoms with E-state index in [2.05, 4.69) is 27.5 Å². The molecule has 1 aliphatic heterocycles. The molecule has 2 atom stereocenters. The summed E-state index contributed by atoms with van der Waals surface area (Å²) in [6.07, 6.45) is 2.44. The maximum Gasteiger partial charge on any atom is 0.187 e. The Bertz CT molecular complexity index is 315. The number of hydrogen-bond acceptors (Lipinski definition) is 4. The Morgan fingerprint density at radius 2 is 2.21 bits per heavy atom. The van der Waals surface area contributed by atoms with E-state index < -0.39 is 0 Å². The normalized spacial score (nSPS) is 28.1. The van der Waals surface area contributed by atoms with Crippen LogP contribution in [0.4, 0.5) is 5.82 Å². The Labute approximate surface area is 93.4 Å². The van der Waals surface area contributed by atoms with E-state index in [9.17, 15) is 0 Å². The van der Waals surface area contributed by atoms with E-state index >= 15 is 0 Å². The summed E-state index contributed by atoms with van der Waals surface area (Å²) >= 11 is 7.16. The van der Waals surface area contributed by atoms with Gasteiger partial charge in [0.25, 0.3) is 0 Å². The van der Waals surface area contributed by atoms with Crippen LogP contribution in [0, 0.1) is 5.92 Å². The van der Waals surface area contributed by atoms with Gasteiger partial charge in [0.05, 0.1) is 11.7 Å². The maximum absolute atomic E-state index is 5.97. The number of anilines is 1. The average Bonchev–Trinajstić information content (AvgIpc) is 2.52. The average molecular weight is 232 g/mol. The van der Waals surface area contributed by atoms with Crippen LogP contribution < -0.4 is 4.90 Å². The van der Waals surface area contributed by atoms with Gasteiger partial charge >= 0.3 is 0 Å². The Hall–Kier alpha value is -0.350. The van der Waals surface area contributed by atoms with Gasteiger partial charge in [0.15, 0.2) is 11.0 Å². The van der Waals surface area contributed by atoms with Crippen LogP contribution in [0.2, 0.25) is 5.15 Å². The van der Waals surface area contributed by atoms with E-state index in [-0.39, 0.29) is 0 Å². The summed E-state index contributed by atoms with van der Waals surface area (Å²) in [6.45, 7) is 5.58. The fraction of sp³-hybridized carbons (Fsp3) is 0.778. The highest BCUT2D eigenvalue weighted by Gasteiger charge is 2.26. The summed E-state index contributed by atoms with van der Waals surface area (Å²) in [5.74, 6) is 1.68. The van der Waals surface area contributed by atoms with Gasteiger partial charge in [0, 0.05) is 12.6 Å². The fourth-order valence-corrected chi connectivity index (χ4v) is 2.82. The van der Waals surface area contributed by atoms with Gasteiger partial charge < -0.3 is 4.90 Å². The molecule has 0 aromatic carbocycles. The third-order valence-electron chi connectivity index (χ3n) is 2.84. The molecule has 1 aliphatic rings. The lowest BCUT2D eigenvalue weighted by molar-refractivity contribution is 0.376. The molecule has 0 saturated carbocycles. The minimum atomic E-state index is 0.528. The number of rotatable bonds is 1. The molecule has 1 aromatic heterocycles. The lowest BCUT2D eigenvalue weighted by Gasteiger charge is -2.36. The molecular weight excluding hydrogens is 218 g/mol. The predicted octanol–water partition coefficient (Wildman–Crippen LogP) is 2.82. The zero-order valence-electron chi connectivity index (χ0n) is 8.40. The van der Waals surface area contributed by atoms with Crippen molar-refractivity contribution in [1.29, 1.82) is 0 Å². The van der Waals surface area contributed by atoms with Crippen molar-refractivity contribution in [3.8, 4) is 0 Å². The maximum atomic E-state index is 5.97. The van der Waals surface area contributed by atoms with Crippen molar-refractivity contribution in [2.24, 2.45) is 5.92 Å². The van der Waals surface area contributed by atoms with E-state index in [1.165, 1.54) is 24.6 Å². The Morgan fingerprint density at radius 1 is 1.43 bits per heavy atom. The summed E-state index contributed by atoms with van der Waals surface area (Å²) in [7, 11) is 0. The summed E-state index contributed by atoms with van der Waals surface area (Å²) in [5, 5.41) is 0.552. The van der Waals surface area contributed by atoms with Crippen molar-refractivity contribution in [2.45, 2.75) is 32.7 Å². The second-order valence-electron chi connectivity index (χ2n) is 4.05. The molecule has 2 unspecified atom stereocenters. The molecule has 1 saturated heterocycles. The van der Waals surface area contributed by atoms with Crippen LogP contribution in [-0.2, 0) is 0 Å². The summed E-state index contributed by atoms with van der Waals surface area (Å²) < 4.78 is 8.24. The molecule has 0 radical (unpaired) electrons. The van der Waals surface area contributed by atoms with Gasteiger partial charge in [0.1, 0.15) is 0 Å². The van der Waals surface area contributed by atoms with Crippen LogP contribution in [0.5, 0.6) is 0 Å². The summed E-state index contributed by atoms with van der Waals surface area (Å²) in [5.41, 5.74) is 0. The molecule has 0 amide bonds. The van der Waals surface area contributed by atoms with Gasteiger partial charge in [-0.2, -0.15) is 8.75 Å². The lowest BCUT2D eigenvalue weighted by Crippen LogP contribution is -2.40. The van der Waals surface area contributed by atoms with E-state index in [4.69, 9.17) is 11.6 Å². The Kier molecular flexibility index (Phi) is 2.93. The zero-order valence-corrected chi connectivity index (χ0v) is 9.98. The molecule has 1 aromatic rings. The van der Waals surface area contributed by atoms with Crippen molar-refractivity contribution in [3.05, 3.63) is 5.15 Å². The molecule has 0 spiro atoms. The van der Waals surface area contributed by atoms with E-state index in [1.54, 1.807) is 0 Å². The lowest BCUT2D eigenvalue weighted by atomic mass is 9.93. The van der Waals surface area contributed by atoms with E-state index in [0.29, 0.717) is 11.2 Å². The van der Waals surface area contributed by atoms with E-state index in [1.807, 2.05) is 0 Å². The highest BCUT2D eigenvalue weighted by Crippen LogP contribution is 2.30. The van der Waals surface area contributed by atoms with Crippen LogP contribution in [0.1, 0.15) is 26.7 Å². The second kappa shape index (κ2) is 4.03. The Morgan fingerprint density at radius 3 is 2.79 bits per heavy atom. The van der Waals surface area contributed by atoms with Crippen LogP contribution in [0.3, 0.4) is 0 Å². The number of hydrogen-bond donors (Lipinski definition) is 0. The molecule has 0 N–H and O–H groups in total. The Balaban J connectivity index is 2.15. The van der Waals surface area contributed by atoms with Crippen LogP contribution in [-0.4, -0.2) is 21.3 Å². The number of piperidine rings is 1. The highest BCUT2D eigenvalue weighted by molar-refractivity contribution is 6.99. The first-order valence-corrected chi connectivity index (χ1v) is 6.04. The molecule has 0 bridgehead atoms. The molecule has 1 fully saturated rings. The van der Waals surface area contributed by atoms with Crippen molar-refractivity contribution in [2.75, 3.05) is 11.4 Å². The van der Waals surface area contributed by atoms with Crippen LogP contribution >= 0.6 is 23.3 Å². The third kappa shape index (κ3) is 1.86. The van der Waals surface area contributed by atoms with Crippen molar-refractivity contribution in [1.82, 2.24) is 8.75 Å². The molecule has 2 rings (SSSR count). The number of halogens is 1. The first kappa shape index (κ1) is 10.2. The monoisotopic (exact) mass is 231 g/mol. The summed E-state index contributed by atoms with van der Waals surface area (Å²) in [4.78, 5) is 2.27. The second-order valence-corrected chi connectivity index (χ2v) is 4.94. The van der Waals surface area contributed by atoms with Gasteiger partial charge in [-0.15, -0.1) is 0 Å². The van der Waals surface area contributed by atoms with Gasteiger partial charge in [-0.05, 0) is 25.7 Å². The van der Waals surface area contributed by atoms with Crippen molar-refractivity contribution in [3.63, 3.8) is 0 Å². The topological polar surface area (TPSA) is 29.0 Å². The summed E-state index contributed by atoms with van der Waals surface area (Å²) in [6, 6.07) is 0.528. The van der Waals surface area contributed by atoms with E-state index in [0.717, 1.165) is 18.3 Å². The molecular formula is C9H14ClN3S. The van der Waals surface area contributed by atoms with Gasteiger partial charge in [-0.25, -0.2) is 0 Å². The zero-order chi connectivity index (χ0) is 10.1. The van der Waals surface area contributed by atoms with Crippen molar-refractivity contribution < 1.29 is 0 Å². The standard InChI is InChI=1S/C9H14ClN3S/c1-6-3-4-13(7(2)5-6)9-8(10)11-14-12-9/h6-7H,3-5H2,1-2H3. The third-order valence-corrected chi connectivity index (χ3v) is 3.72. The molecule has 3 nitrogen and oxygen atoms in total. The predicted molar refractivity (Wildman–Crippen MR) is 60.1 cm³/mol. The molecule has 0 aliphatic carbocycles. The molecule has 14 heavy (non-hydrogen) atoms. The molecule has 2 heterocycles.